The zero-order valence-corrected chi connectivity index (χ0v) is 11.9. The maximum absolute atomic E-state index is 12.0. The number of likely N-dealkylation sites (tertiary alicyclic amines) is 1. The molecule has 0 radical (unpaired) electrons. The number of nitrogens with zero attached hydrogens (tertiary/aromatic N) is 1. The lowest BCUT2D eigenvalue weighted by molar-refractivity contribution is -0.117. The van der Waals surface area contributed by atoms with Gasteiger partial charge in [0, 0.05) is 18.8 Å². The van der Waals surface area contributed by atoms with Gasteiger partial charge in [0.1, 0.15) is 0 Å². The number of amides is 1. The van der Waals surface area contributed by atoms with Crippen LogP contribution in [-0.4, -0.2) is 41.1 Å². The number of rotatable bonds is 3. The molecule has 1 fully saturated rings. The van der Waals surface area contributed by atoms with Crippen LogP contribution < -0.4 is 5.32 Å². The first-order valence-corrected chi connectivity index (χ1v) is 6.68. The van der Waals surface area contributed by atoms with Crippen molar-refractivity contribution in [2.75, 3.05) is 25.0 Å². The molecule has 1 heterocycles. The highest BCUT2D eigenvalue weighted by atomic mass is 16.3. The normalized spacial score (nSPS) is 23.6. The molecule has 1 aliphatic heterocycles. The van der Waals surface area contributed by atoms with Gasteiger partial charge in [-0.25, -0.2) is 0 Å². The molecule has 1 saturated heterocycles. The SMILES string of the molecule is Cc1cccc(C)c1NC(=O)CN1CCC(C)(O)C1. The van der Waals surface area contributed by atoms with Crippen molar-refractivity contribution in [2.24, 2.45) is 0 Å². The number of hydrogen-bond donors (Lipinski definition) is 2. The number of benzene rings is 1. The lowest BCUT2D eigenvalue weighted by Crippen LogP contribution is -2.35. The summed E-state index contributed by atoms with van der Waals surface area (Å²) in [4.78, 5) is 14.0. The first kappa shape index (κ1) is 14.0. The van der Waals surface area contributed by atoms with Gasteiger partial charge in [0.25, 0.3) is 0 Å². The molecule has 2 N–H and O–H groups in total. The molecule has 104 valence electrons. The van der Waals surface area contributed by atoms with E-state index in [1.165, 1.54) is 0 Å². The standard InChI is InChI=1S/C15H22N2O2/c1-11-5-4-6-12(2)14(11)16-13(18)9-17-8-7-15(3,19)10-17/h4-6,19H,7-10H2,1-3H3,(H,16,18). The zero-order valence-electron chi connectivity index (χ0n) is 11.9. The Balaban J connectivity index is 1.95. The third kappa shape index (κ3) is 3.55. The van der Waals surface area contributed by atoms with Gasteiger partial charge in [-0.05, 0) is 38.3 Å². The Labute approximate surface area is 114 Å². The van der Waals surface area contributed by atoms with Crippen molar-refractivity contribution in [1.29, 1.82) is 0 Å². The Morgan fingerprint density at radius 2 is 2.05 bits per heavy atom. The van der Waals surface area contributed by atoms with Gasteiger partial charge in [0.15, 0.2) is 0 Å². The Bertz CT molecular complexity index is 463. The molecule has 0 aromatic heterocycles. The summed E-state index contributed by atoms with van der Waals surface area (Å²) in [5.74, 6) is -0.0184. The highest BCUT2D eigenvalue weighted by molar-refractivity contribution is 5.93. The van der Waals surface area contributed by atoms with Crippen LogP contribution in [0.15, 0.2) is 18.2 Å². The topological polar surface area (TPSA) is 52.6 Å². The molecule has 4 heteroatoms. The van der Waals surface area contributed by atoms with Crippen LogP contribution in [0.1, 0.15) is 24.5 Å². The number of carbonyl (C=O) groups is 1. The van der Waals surface area contributed by atoms with Crippen molar-refractivity contribution in [2.45, 2.75) is 32.8 Å². The van der Waals surface area contributed by atoms with Gasteiger partial charge >= 0.3 is 0 Å². The van der Waals surface area contributed by atoms with E-state index >= 15 is 0 Å². The van der Waals surface area contributed by atoms with Crippen molar-refractivity contribution in [3.8, 4) is 0 Å². The minimum atomic E-state index is -0.654. The van der Waals surface area contributed by atoms with Gasteiger partial charge in [-0.15, -0.1) is 0 Å². The second kappa shape index (κ2) is 5.31. The maximum atomic E-state index is 12.0. The predicted octanol–water partition coefficient (Wildman–Crippen LogP) is 1.70. The van der Waals surface area contributed by atoms with E-state index in [4.69, 9.17) is 0 Å². The van der Waals surface area contributed by atoms with Crippen LogP contribution in [0.3, 0.4) is 0 Å². The molecular formula is C15H22N2O2. The summed E-state index contributed by atoms with van der Waals surface area (Å²) in [6.45, 7) is 7.47. The predicted molar refractivity (Wildman–Crippen MR) is 76.2 cm³/mol. The first-order valence-electron chi connectivity index (χ1n) is 6.68. The van der Waals surface area contributed by atoms with Crippen molar-refractivity contribution >= 4 is 11.6 Å². The fourth-order valence-corrected chi connectivity index (χ4v) is 2.57. The Kier molecular flexibility index (Phi) is 3.92. The van der Waals surface area contributed by atoms with Gasteiger partial charge in [-0.3, -0.25) is 9.69 Å². The summed E-state index contributed by atoms with van der Waals surface area (Å²) >= 11 is 0. The van der Waals surface area contributed by atoms with E-state index in [2.05, 4.69) is 5.32 Å². The number of aryl methyl sites for hydroxylation is 2. The second-order valence-corrected chi connectivity index (χ2v) is 5.77. The van der Waals surface area contributed by atoms with Crippen LogP contribution in [0.4, 0.5) is 5.69 Å². The van der Waals surface area contributed by atoms with Crippen LogP contribution in [0.2, 0.25) is 0 Å². The zero-order chi connectivity index (χ0) is 14.0. The number of nitrogens with one attached hydrogen (secondary N) is 1. The summed E-state index contributed by atoms with van der Waals surface area (Å²) in [7, 11) is 0. The molecule has 0 bridgehead atoms. The van der Waals surface area contributed by atoms with Crippen LogP contribution in [0.25, 0.3) is 0 Å². The largest absolute Gasteiger partial charge is 0.389 e. The number of hydrogen-bond acceptors (Lipinski definition) is 3. The van der Waals surface area contributed by atoms with E-state index in [1.54, 1.807) is 0 Å². The highest BCUT2D eigenvalue weighted by Gasteiger charge is 2.32. The van der Waals surface area contributed by atoms with E-state index in [0.29, 0.717) is 13.1 Å². The van der Waals surface area contributed by atoms with Crippen LogP contribution in [0.5, 0.6) is 0 Å². The molecule has 2 rings (SSSR count). The summed E-state index contributed by atoms with van der Waals surface area (Å²) in [6, 6.07) is 5.96. The molecule has 19 heavy (non-hydrogen) atoms. The molecule has 0 saturated carbocycles. The fourth-order valence-electron chi connectivity index (χ4n) is 2.57. The van der Waals surface area contributed by atoms with E-state index in [-0.39, 0.29) is 5.91 Å². The van der Waals surface area contributed by atoms with E-state index in [9.17, 15) is 9.90 Å². The van der Waals surface area contributed by atoms with Crippen molar-refractivity contribution in [1.82, 2.24) is 4.90 Å². The summed E-state index contributed by atoms with van der Waals surface area (Å²) in [5, 5.41) is 12.9. The van der Waals surface area contributed by atoms with Crippen LogP contribution >= 0.6 is 0 Å². The minimum absolute atomic E-state index is 0.0184. The monoisotopic (exact) mass is 262 g/mol. The maximum Gasteiger partial charge on any atom is 0.238 e. The summed E-state index contributed by atoms with van der Waals surface area (Å²) < 4.78 is 0. The van der Waals surface area contributed by atoms with Gasteiger partial charge in [-0.1, -0.05) is 18.2 Å². The number of para-hydroxylation sites is 1. The van der Waals surface area contributed by atoms with Gasteiger partial charge < -0.3 is 10.4 Å². The second-order valence-electron chi connectivity index (χ2n) is 5.77. The molecule has 1 aliphatic rings. The van der Waals surface area contributed by atoms with Crippen LogP contribution in [0, 0.1) is 13.8 Å². The van der Waals surface area contributed by atoms with Crippen molar-refractivity contribution < 1.29 is 9.90 Å². The average molecular weight is 262 g/mol. The number of anilines is 1. The molecule has 1 amide bonds. The van der Waals surface area contributed by atoms with Gasteiger partial charge in [0.2, 0.25) is 5.91 Å². The number of β-amino-alcohol motifs (C(OH)–C–C–N with tert-alkyl or cyclic N) is 1. The smallest absolute Gasteiger partial charge is 0.238 e. The third-order valence-corrected chi connectivity index (χ3v) is 3.64. The third-order valence-electron chi connectivity index (χ3n) is 3.64. The highest BCUT2D eigenvalue weighted by Crippen LogP contribution is 2.21. The van der Waals surface area contributed by atoms with Crippen molar-refractivity contribution in [3.63, 3.8) is 0 Å². The number of aliphatic hydroxyl groups is 1. The molecule has 0 aliphatic carbocycles. The molecule has 1 aromatic rings. The Morgan fingerprint density at radius 1 is 1.42 bits per heavy atom. The first-order chi connectivity index (χ1) is 8.87. The Morgan fingerprint density at radius 3 is 2.58 bits per heavy atom. The summed E-state index contributed by atoms with van der Waals surface area (Å²) in [6.07, 6.45) is 0.726. The molecule has 1 unspecified atom stereocenters. The molecule has 1 atom stereocenters. The van der Waals surface area contributed by atoms with Crippen LogP contribution in [-0.2, 0) is 4.79 Å². The van der Waals surface area contributed by atoms with Gasteiger partial charge in [0.05, 0.1) is 12.1 Å². The summed E-state index contributed by atoms with van der Waals surface area (Å²) in [5.41, 5.74) is 2.39. The quantitative estimate of drug-likeness (QED) is 0.871. The van der Waals surface area contributed by atoms with E-state index in [1.807, 2.05) is 43.9 Å². The van der Waals surface area contributed by atoms with E-state index in [0.717, 1.165) is 29.8 Å². The Hall–Kier alpha value is -1.39. The average Bonchev–Trinajstić information content (AvgIpc) is 2.63. The minimum Gasteiger partial charge on any atom is -0.389 e. The van der Waals surface area contributed by atoms with E-state index < -0.39 is 5.60 Å². The molecule has 0 spiro atoms. The van der Waals surface area contributed by atoms with Gasteiger partial charge in [-0.2, -0.15) is 0 Å². The van der Waals surface area contributed by atoms with Crippen molar-refractivity contribution in [3.05, 3.63) is 29.3 Å². The lowest BCUT2D eigenvalue weighted by atomic mass is 10.1. The fraction of sp³-hybridized carbons (Fsp3) is 0.533. The molecular weight excluding hydrogens is 240 g/mol. The number of carbonyl (C=O) groups excluding carboxylic acids is 1. The lowest BCUT2D eigenvalue weighted by Gasteiger charge is -2.19. The molecule has 4 nitrogen and oxygen atoms in total. The molecule has 1 aromatic carbocycles.